The summed E-state index contributed by atoms with van der Waals surface area (Å²) in [7, 11) is 11.1. The Morgan fingerprint density at radius 3 is 1.46 bits per heavy atom. The summed E-state index contributed by atoms with van der Waals surface area (Å²) in [4.78, 5) is 16.0. The van der Waals surface area contributed by atoms with Crippen LogP contribution in [0.5, 0.6) is 17.2 Å². The van der Waals surface area contributed by atoms with Crippen LogP contribution in [-0.4, -0.2) is 82.3 Å². The number of aliphatic hydroxyl groups is 1. The summed E-state index contributed by atoms with van der Waals surface area (Å²) < 4.78 is 22.1. The van der Waals surface area contributed by atoms with Crippen LogP contribution in [0.15, 0.2) is 140 Å². The standard InChI is InChI=1S/C16H17N3O2.2C16H17N3O/c1-17-12-4-5-19-10-15(18-16(19)8-12)11-6-13(20-2)9-14(7-11)21-3;1-18(2)14-7-8-19-10-15(17-16(19)9-14)13-5-3-12(11-20)4-6-13;1-3-20-14-6-4-12(5-7-14)15-11-19-9-8-13(17-2)10-16(19)18-15/h4-10,17H,1-3H3;3-10,20H,11H2,1-2H3;4-11,17H,3H2,1-2H3. The smallest absolute Gasteiger partial charge is 0.139 e. The third-order valence-electron chi connectivity index (χ3n) is 10.00. The molecule has 3 N–H and O–H groups in total. The van der Waals surface area contributed by atoms with Crippen LogP contribution in [0.2, 0.25) is 0 Å². The molecule has 312 valence electrons. The monoisotopic (exact) mass is 817 g/mol. The van der Waals surface area contributed by atoms with Crippen molar-refractivity contribution in [3.63, 3.8) is 0 Å². The first-order chi connectivity index (χ1) is 29.7. The molecule has 0 aliphatic carbocycles. The quantitative estimate of drug-likeness (QED) is 0.116. The summed E-state index contributed by atoms with van der Waals surface area (Å²) in [5.74, 6) is 2.38. The zero-order valence-electron chi connectivity index (χ0n) is 35.5. The van der Waals surface area contributed by atoms with E-state index in [1.807, 2.05) is 176 Å². The van der Waals surface area contributed by atoms with Crippen LogP contribution in [0, 0.1) is 0 Å². The molecule has 0 saturated heterocycles. The molecule has 0 unspecified atom stereocenters. The van der Waals surface area contributed by atoms with Gasteiger partial charge in [0.1, 0.15) is 34.2 Å². The summed E-state index contributed by atoms with van der Waals surface area (Å²) in [5.41, 5.74) is 12.7. The topological polar surface area (TPSA) is 127 Å². The number of fused-ring (bicyclic) bond motifs is 3. The summed E-state index contributed by atoms with van der Waals surface area (Å²) in [6.45, 7) is 2.73. The van der Waals surface area contributed by atoms with E-state index < -0.39 is 0 Å². The maximum absolute atomic E-state index is 9.07. The zero-order chi connectivity index (χ0) is 42.9. The molecule has 0 bridgehead atoms. The highest BCUT2D eigenvalue weighted by atomic mass is 16.5. The number of aliphatic hydroxyl groups excluding tert-OH is 1. The summed E-state index contributed by atoms with van der Waals surface area (Å²) in [6.07, 6.45) is 12.0. The Bertz CT molecular complexity index is 2820. The van der Waals surface area contributed by atoms with Gasteiger partial charge in [0, 0.05) is 123 Å². The second-order valence-corrected chi connectivity index (χ2v) is 14.2. The van der Waals surface area contributed by atoms with Crippen molar-refractivity contribution in [2.75, 3.05) is 64.6 Å². The van der Waals surface area contributed by atoms with Gasteiger partial charge in [-0.05, 0) is 67.1 Å². The normalized spacial score (nSPS) is 10.8. The van der Waals surface area contributed by atoms with Gasteiger partial charge in [-0.2, -0.15) is 0 Å². The third-order valence-corrected chi connectivity index (χ3v) is 10.00. The lowest BCUT2D eigenvalue weighted by atomic mass is 10.1. The largest absolute Gasteiger partial charge is 0.497 e. The zero-order valence-corrected chi connectivity index (χ0v) is 35.5. The van der Waals surface area contributed by atoms with Gasteiger partial charge in [-0.15, -0.1) is 0 Å². The number of hydrogen-bond acceptors (Lipinski definition) is 10. The van der Waals surface area contributed by atoms with Crippen LogP contribution in [-0.2, 0) is 6.61 Å². The van der Waals surface area contributed by atoms with Gasteiger partial charge < -0.3 is 48.1 Å². The lowest BCUT2D eigenvalue weighted by molar-refractivity contribution is 0.282. The molecule has 61 heavy (non-hydrogen) atoms. The molecular weight excluding hydrogens is 767 g/mol. The first-order valence-electron chi connectivity index (χ1n) is 19.9. The van der Waals surface area contributed by atoms with Gasteiger partial charge >= 0.3 is 0 Å². The van der Waals surface area contributed by atoms with E-state index in [0.717, 1.165) is 90.6 Å². The third kappa shape index (κ3) is 9.86. The minimum absolute atomic E-state index is 0.0671. The second kappa shape index (κ2) is 19.0. The molecule has 9 aromatic rings. The van der Waals surface area contributed by atoms with Gasteiger partial charge in [0.15, 0.2) is 0 Å². The number of anilines is 3. The van der Waals surface area contributed by atoms with Crippen molar-refractivity contribution in [2.45, 2.75) is 13.5 Å². The lowest BCUT2D eigenvalue weighted by Gasteiger charge is -2.11. The van der Waals surface area contributed by atoms with Gasteiger partial charge in [-0.3, -0.25) is 0 Å². The number of methoxy groups -OCH3 is 2. The molecule has 0 amide bonds. The molecule has 6 aromatic heterocycles. The highest BCUT2D eigenvalue weighted by molar-refractivity contribution is 5.69. The molecule has 0 fully saturated rings. The van der Waals surface area contributed by atoms with Gasteiger partial charge in [-0.1, -0.05) is 24.3 Å². The van der Waals surface area contributed by atoms with E-state index in [1.165, 1.54) is 0 Å². The predicted octanol–water partition coefficient (Wildman–Crippen LogP) is 9.06. The summed E-state index contributed by atoms with van der Waals surface area (Å²) in [5, 5.41) is 15.3. The molecule has 9 rings (SSSR count). The number of nitrogens with one attached hydrogen (secondary N) is 2. The Morgan fingerprint density at radius 2 is 1.02 bits per heavy atom. The number of rotatable bonds is 11. The predicted molar refractivity (Wildman–Crippen MR) is 246 cm³/mol. The van der Waals surface area contributed by atoms with Crippen molar-refractivity contribution in [2.24, 2.45) is 0 Å². The minimum Gasteiger partial charge on any atom is -0.497 e. The van der Waals surface area contributed by atoms with Crippen molar-refractivity contribution < 1.29 is 19.3 Å². The van der Waals surface area contributed by atoms with Crippen molar-refractivity contribution in [1.29, 1.82) is 0 Å². The van der Waals surface area contributed by atoms with E-state index in [9.17, 15) is 0 Å². The molecule has 0 saturated carbocycles. The maximum Gasteiger partial charge on any atom is 0.139 e. The molecule has 0 spiro atoms. The Morgan fingerprint density at radius 1 is 0.557 bits per heavy atom. The molecule has 0 atom stereocenters. The molecule has 0 aliphatic heterocycles. The maximum atomic E-state index is 9.07. The van der Waals surface area contributed by atoms with Crippen molar-refractivity contribution in [1.82, 2.24) is 28.2 Å². The highest BCUT2D eigenvalue weighted by Crippen LogP contribution is 2.30. The lowest BCUT2D eigenvalue weighted by Crippen LogP contribution is -2.08. The first kappa shape index (κ1) is 41.6. The van der Waals surface area contributed by atoms with Gasteiger partial charge in [0.25, 0.3) is 0 Å². The van der Waals surface area contributed by atoms with E-state index in [1.54, 1.807) is 14.2 Å². The SMILES string of the molecule is CCOc1ccc(-c2cn3ccc(NC)cc3n2)cc1.CN(C)c1ccn2cc(-c3ccc(CO)cc3)nc2c1.CNc1ccn2cc(-c3cc(OC)cc(OC)c3)nc2c1. The fourth-order valence-corrected chi connectivity index (χ4v) is 6.57. The number of nitrogens with zero attached hydrogens (tertiary/aromatic N) is 7. The molecule has 0 aliphatic rings. The van der Waals surface area contributed by atoms with Crippen LogP contribution >= 0.6 is 0 Å². The van der Waals surface area contributed by atoms with Gasteiger partial charge in [0.05, 0.1) is 44.5 Å². The Kier molecular flexibility index (Phi) is 13.0. The van der Waals surface area contributed by atoms with Crippen molar-refractivity contribution in [3.8, 4) is 51.0 Å². The Hall–Kier alpha value is -7.51. The van der Waals surface area contributed by atoms with E-state index >= 15 is 0 Å². The minimum atomic E-state index is 0.0671. The first-order valence-corrected chi connectivity index (χ1v) is 19.9. The van der Waals surface area contributed by atoms with Gasteiger partial charge in [0.2, 0.25) is 0 Å². The Labute approximate surface area is 355 Å². The molecule has 13 heteroatoms. The van der Waals surface area contributed by atoms with E-state index in [-0.39, 0.29) is 6.61 Å². The summed E-state index contributed by atoms with van der Waals surface area (Å²) >= 11 is 0. The number of hydrogen-bond donors (Lipinski definition) is 3. The van der Waals surface area contributed by atoms with Crippen LogP contribution in [0.3, 0.4) is 0 Å². The van der Waals surface area contributed by atoms with Crippen LogP contribution in [0.4, 0.5) is 17.1 Å². The molecule has 0 radical (unpaired) electrons. The molecular formula is C48H51N9O4. The number of pyridine rings is 3. The van der Waals surface area contributed by atoms with Crippen molar-refractivity contribution in [3.05, 3.63) is 146 Å². The highest BCUT2D eigenvalue weighted by Gasteiger charge is 2.10. The number of ether oxygens (including phenoxy) is 3. The second-order valence-electron chi connectivity index (χ2n) is 14.2. The van der Waals surface area contributed by atoms with Crippen LogP contribution in [0.1, 0.15) is 12.5 Å². The van der Waals surface area contributed by atoms with Crippen LogP contribution < -0.4 is 29.7 Å². The van der Waals surface area contributed by atoms with Gasteiger partial charge in [-0.25, -0.2) is 15.0 Å². The number of benzene rings is 3. The molecule has 6 heterocycles. The summed E-state index contributed by atoms with van der Waals surface area (Å²) in [6, 6.07) is 33.8. The van der Waals surface area contributed by atoms with E-state index in [0.29, 0.717) is 6.61 Å². The van der Waals surface area contributed by atoms with Crippen molar-refractivity contribution >= 4 is 34.0 Å². The number of aromatic nitrogens is 6. The fourth-order valence-electron chi connectivity index (χ4n) is 6.57. The Balaban J connectivity index is 0.000000138. The fraction of sp³-hybridized carbons (Fsp3) is 0.188. The van der Waals surface area contributed by atoms with E-state index in [4.69, 9.17) is 19.3 Å². The molecule has 13 nitrogen and oxygen atoms in total. The average molecular weight is 818 g/mol. The van der Waals surface area contributed by atoms with E-state index in [2.05, 4.69) is 42.6 Å². The number of imidazole rings is 3. The average Bonchev–Trinajstić information content (AvgIpc) is 4.06. The van der Waals surface area contributed by atoms with Crippen LogP contribution in [0.25, 0.3) is 50.7 Å². The molecule has 3 aromatic carbocycles.